The number of hydrogen-bond donors (Lipinski definition) is 1. The maximum atomic E-state index is 12.9. The van der Waals surface area contributed by atoms with Gasteiger partial charge < -0.3 is 25.0 Å². The Balaban J connectivity index is 1.63. The number of thioether (sulfide) groups is 1. The van der Waals surface area contributed by atoms with Crippen molar-refractivity contribution in [3.05, 3.63) is 23.8 Å². The van der Waals surface area contributed by atoms with Crippen LogP contribution in [-0.2, 0) is 4.79 Å². The zero-order chi connectivity index (χ0) is 20.1. The van der Waals surface area contributed by atoms with E-state index < -0.39 is 0 Å². The van der Waals surface area contributed by atoms with Crippen LogP contribution in [0.5, 0.6) is 11.5 Å². The van der Waals surface area contributed by atoms with Crippen LogP contribution < -0.4 is 20.1 Å². The summed E-state index contributed by atoms with van der Waals surface area (Å²) in [7, 11) is 3.07. The van der Waals surface area contributed by atoms with Crippen molar-refractivity contribution in [1.82, 2.24) is 15.1 Å². The molecule has 1 fully saturated rings. The molecule has 0 atom stereocenters. The first-order chi connectivity index (χ1) is 13.5. The Bertz CT molecular complexity index is 852. The minimum Gasteiger partial charge on any atom is -0.493 e. The standard InChI is InChI=1S/C17H21N5O4S2/c1-25-12-5-3-4-11(14(12)26-2)15(24)21-6-8-22(9-7-21)16-19-20-17(28-16)27-10-13(18)23/h3-5H,6-10H2,1-2H3,(H2,18,23). The molecule has 1 aromatic heterocycles. The summed E-state index contributed by atoms with van der Waals surface area (Å²) in [5, 5.41) is 9.03. The van der Waals surface area contributed by atoms with Crippen molar-refractivity contribution >= 4 is 40.0 Å². The number of methoxy groups -OCH3 is 2. The Hall–Kier alpha value is -2.53. The number of benzene rings is 1. The van der Waals surface area contributed by atoms with Crippen molar-refractivity contribution in [2.75, 3.05) is 51.1 Å². The molecule has 1 aliphatic rings. The van der Waals surface area contributed by atoms with Gasteiger partial charge in [-0.1, -0.05) is 29.2 Å². The summed E-state index contributed by atoms with van der Waals surface area (Å²) in [6.07, 6.45) is 0. The monoisotopic (exact) mass is 423 g/mol. The Kier molecular flexibility index (Phi) is 6.57. The first kappa shape index (κ1) is 20.2. The van der Waals surface area contributed by atoms with Crippen LogP contribution >= 0.6 is 23.1 Å². The lowest BCUT2D eigenvalue weighted by atomic mass is 10.1. The van der Waals surface area contributed by atoms with Gasteiger partial charge in [-0.05, 0) is 12.1 Å². The van der Waals surface area contributed by atoms with E-state index in [9.17, 15) is 9.59 Å². The van der Waals surface area contributed by atoms with Gasteiger partial charge in [0.05, 0.1) is 25.5 Å². The van der Waals surface area contributed by atoms with E-state index in [1.807, 2.05) is 0 Å². The quantitative estimate of drug-likeness (QED) is 0.659. The van der Waals surface area contributed by atoms with Crippen molar-refractivity contribution in [1.29, 1.82) is 0 Å². The number of carbonyl (C=O) groups is 2. The molecule has 0 saturated carbocycles. The molecule has 28 heavy (non-hydrogen) atoms. The number of anilines is 1. The van der Waals surface area contributed by atoms with Gasteiger partial charge in [-0.2, -0.15) is 0 Å². The molecular formula is C17H21N5O4S2. The first-order valence-corrected chi connectivity index (χ1v) is 10.3. The van der Waals surface area contributed by atoms with Crippen LogP contribution in [0, 0.1) is 0 Å². The Morgan fingerprint density at radius 3 is 2.57 bits per heavy atom. The van der Waals surface area contributed by atoms with Gasteiger partial charge in [0.25, 0.3) is 5.91 Å². The predicted octanol–water partition coefficient (Wildman–Crippen LogP) is 1.10. The summed E-state index contributed by atoms with van der Waals surface area (Å²) in [6, 6.07) is 5.28. The molecule has 0 unspecified atom stereocenters. The number of aromatic nitrogens is 2. The third-order valence-electron chi connectivity index (χ3n) is 4.20. The third kappa shape index (κ3) is 4.47. The van der Waals surface area contributed by atoms with E-state index in [0.29, 0.717) is 47.6 Å². The largest absolute Gasteiger partial charge is 0.493 e. The van der Waals surface area contributed by atoms with E-state index in [1.165, 1.54) is 30.2 Å². The van der Waals surface area contributed by atoms with Gasteiger partial charge in [0.15, 0.2) is 15.8 Å². The van der Waals surface area contributed by atoms with Crippen LogP contribution in [0.4, 0.5) is 5.13 Å². The molecule has 0 bridgehead atoms. The summed E-state index contributed by atoms with van der Waals surface area (Å²) in [6.45, 7) is 2.41. The van der Waals surface area contributed by atoms with Gasteiger partial charge in [0.1, 0.15) is 0 Å². The summed E-state index contributed by atoms with van der Waals surface area (Å²) in [5.41, 5.74) is 5.64. The van der Waals surface area contributed by atoms with Gasteiger partial charge in [0.2, 0.25) is 11.0 Å². The molecular weight excluding hydrogens is 402 g/mol. The molecule has 2 heterocycles. The lowest BCUT2D eigenvalue weighted by Gasteiger charge is -2.34. The molecule has 3 rings (SSSR count). The fraction of sp³-hybridized carbons (Fsp3) is 0.412. The fourth-order valence-electron chi connectivity index (χ4n) is 2.85. The summed E-state index contributed by atoms with van der Waals surface area (Å²) in [5.74, 6) is 0.672. The molecule has 2 amide bonds. The van der Waals surface area contributed by atoms with Crippen molar-refractivity contribution in [3.8, 4) is 11.5 Å². The Labute approximate surface area is 170 Å². The first-order valence-electron chi connectivity index (χ1n) is 8.53. The minimum atomic E-state index is -0.387. The van der Waals surface area contributed by atoms with Crippen molar-refractivity contribution in [3.63, 3.8) is 0 Å². The van der Waals surface area contributed by atoms with Crippen LogP contribution in [0.25, 0.3) is 0 Å². The molecule has 0 spiro atoms. The number of piperazine rings is 1. The van der Waals surface area contributed by atoms with Crippen LogP contribution in [0.2, 0.25) is 0 Å². The highest BCUT2D eigenvalue weighted by molar-refractivity contribution is 8.01. The SMILES string of the molecule is COc1cccc(C(=O)N2CCN(c3nnc(SCC(N)=O)s3)CC2)c1OC. The van der Waals surface area contributed by atoms with Gasteiger partial charge in [-0.3, -0.25) is 9.59 Å². The smallest absolute Gasteiger partial charge is 0.257 e. The topological polar surface area (TPSA) is 111 Å². The van der Waals surface area contributed by atoms with E-state index in [2.05, 4.69) is 15.1 Å². The molecule has 9 nitrogen and oxygen atoms in total. The zero-order valence-corrected chi connectivity index (χ0v) is 17.2. The second-order valence-electron chi connectivity index (χ2n) is 5.93. The van der Waals surface area contributed by atoms with Crippen molar-refractivity contribution in [2.24, 2.45) is 5.73 Å². The number of ether oxygens (including phenoxy) is 2. The Morgan fingerprint density at radius 2 is 1.93 bits per heavy atom. The number of rotatable bonds is 7. The van der Waals surface area contributed by atoms with Crippen LogP contribution in [0.15, 0.2) is 22.5 Å². The highest BCUT2D eigenvalue weighted by Crippen LogP contribution is 2.32. The van der Waals surface area contributed by atoms with E-state index in [4.69, 9.17) is 15.2 Å². The van der Waals surface area contributed by atoms with Crippen molar-refractivity contribution < 1.29 is 19.1 Å². The molecule has 2 N–H and O–H groups in total. The average molecular weight is 424 g/mol. The van der Waals surface area contributed by atoms with Crippen LogP contribution in [-0.4, -0.2) is 73.1 Å². The highest BCUT2D eigenvalue weighted by atomic mass is 32.2. The number of nitrogens with zero attached hydrogens (tertiary/aromatic N) is 4. The lowest BCUT2D eigenvalue weighted by molar-refractivity contribution is -0.115. The normalized spacial score (nSPS) is 14.1. The average Bonchev–Trinajstić information content (AvgIpc) is 3.20. The molecule has 1 saturated heterocycles. The molecule has 11 heteroatoms. The van der Waals surface area contributed by atoms with E-state index in [-0.39, 0.29) is 17.6 Å². The summed E-state index contributed by atoms with van der Waals surface area (Å²) < 4.78 is 11.4. The number of nitrogens with two attached hydrogens (primary N) is 1. The molecule has 1 aliphatic heterocycles. The van der Waals surface area contributed by atoms with Crippen molar-refractivity contribution in [2.45, 2.75) is 4.34 Å². The second-order valence-corrected chi connectivity index (χ2v) is 8.10. The summed E-state index contributed by atoms with van der Waals surface area (Å²) in [4.78, 5) is 27.7. The number of carbonyl (C=O) groups excluding carboxylic acids is 2. The maximum Gasteiger partial charge on any atom is 0.257 e. The molecule has 2 aromatic rings. The number of primary amides is 1. The van der Waals surface area contributed by atoms with Gasteiger partial charge in [-0.15, -0.1) is 10.2 Å². The van der Waals surface area contributed by atoms with Gasteiger partial charge in [-0.25, -0.2) is 0 Å². The van der Waals surface area contributed by atoms with E-state index in [1.54, 1.807) is 30.2 Å². The molecule has 1 aromatic carbocycles. The summed E-state index contributed by atoms with van der Waals surface area (Å²) >= 11 is 2.69. The maximum absolute atomic E-state index is 12.9. The molecule has 0 radical (unpaired) electrons. The number of hydrogen-bond acceptors (Lipinski definition) is 9. The third-order valence-corrected chi connectivity index (χ3v) is 6.34. The molecule has 150 valence electrons. The number of para-hydroxylation sites is 1. The second kappa shape index (κ2) is 9.11. The van der Waals surface area contributed by atoms with Gasteiger partial charge >= 0.3 is 0 Å². The number of amides is 2. The lowest BCUT2D eigenvalue weighted by Crippen LogP contribution is -2.48. The van der Waals surface area contributed by atoms with Crippen LogP contribution in [0.1, 0.15) is 10.4 Å². The van der Waals surface area contributed by atoms with Crippen LogP contribution in [0.3, 0.4) is 0 Å². The minimum absolute atomic E-state index is 0.0923. The predicted molar refractivity (Wildman–Crippen MR) is 107 cm³/mol. The zero-order valence-electron chi connectivity index (χ0n) is 15.6. The van der Waals surface area contributed by atoms with Gasteiger partial charge in [0, 0.05) is 26.2 Å². The fourth-order valence-corrected chi connectivity index (χ4v) is 4.48. The highest BCUT2D eigenvalue weighted by Gasteiger charge is 2.27. The Morgan fingerprint density at radius 1 is 1.18 bits per heavy atom. The molecule has 0 aliphatic carbocycles. The van der Waals surface area contributed by atoms with E-state index in [0.717, 1.165) is 5.13 Å². The van der Waals surface area contributed by atoms with E-state index >= 15 is 0 Å².